The predicted octanol–water partition coefficient (Wildman–Crippen LogP) is 5.49. The lowest BCUT2D eigenvalue weighted by Gasteiger charge is -2.08. The van der Waals surface area contributed by atoms with Gasteiger partial charge >= 0.3 is 0 Å². The van der Waals surface area contributed by atoms with Crippen molar-refractivity contribution in [3.05, 3.63) is 77.7 Å². The highest BCUT2D eigenvalue weighted by molar-refractivity contribution is 8.02. The topological polar surface area (TPSA) is 0 Å². The van der Waals surface area contributed by atoms with Gasteiger partial charge < -0.3 is 0 Å². The minimum Gasteiger partial charge on any atom is -0.0984 e. The Balaban J connectivity index is 1.81. The standard InChI is InChI=1S/C17H18S/c1-15(16-10-4-2-5-11-16)9-8-14-18-17-12-6-3-7-13-17/h2-8,10-15H,9H2,1H3/b14-8-. The molecule has 0 aliphatic carbocycles. The molecule has 92 valence electrons. The Labute approximate surface area is 114 Å². The van der Waals surface area contributed by atoms with Crippen LogP contribution in [0.25, 0.3) is 0 Å². The Bertz CT molecular complexity index is 473. The fraction of sp³-hybridized carbons (Fsp3) is 0.176. The zero-order chi connectivity index (χ0) is 12.6. The molecular formula is C17H18S. The molecule has 0 aromatic heterocycles. The van der Waals surface area contributed by atoms with Crippen LogP contribution in [0.4, 0.5) is 0 Å². The zero-order valence-electron chi connectivity index (χ0n) is 10.6. The van der Waals surface area contributed by atoms with Gasteiger partial charge in [0.1, 0.15) is 0 Å². The normalized spacial score (nSPS) is 12.7. The first kappa shape index (κ1) is 13.0. The first-order valence-electron chi connectivity index (χ1n) is 6.28. The van der Waals surface area contributed by atoms with Crippen molar-refractivity contribution >= 4 is 11.8 Å². The highest BCUT2D eigenvalue weighted by Gasteiger charge is 2.01. The van der Waals surface area contributed by atoms with Crippen LogP contribution in [0.2, 0.25) is 0 Å². The van der Waals surface area contributed by atoms with E-state index in [1.54, 1.807) is 11.8 Å². The average molecular weight is 254 g/mol. The summed E-state index contributed by atoms with van der Waals surface area (Å²) in [6.07, 6.45) is 3.35. The number of allylic oxidation sites excluding steroid dienone is 1. The first-order valence-corrected chi connectivity index (χ1v) is 7.16. The van der Waals surface area contributed by atoms with Gasteiger partial charge in [0.25, 0.3) is 0 Å². The Morgan fingerprint density at radius 2 is 1.56 bits per heavy atom. The van der Waals surface area contributed by atoms with Gasteiger partial charge in [0.15, 0.2) is 0 Å². The molecule has 0 bridgehead atoms. The molecule has 0 aliphatic heterocycles. The van der Waals surface area contributed by atoms with E-state index in [4.69, 9.17) is 0 Å². The number of hydrogen-bond acceptors (Lipinski definition) is 1. The third kappa shape index (κ3) is 4.08. The van der Waals surface area contributed by atoms with Gasteiger partial charge in [-0.2, -0.15) is 0 Å². The summed E-state index contributed by atoms with van der Waals surface area (Å²) >= 11 is 1.78. The molecule has 0 heterocycles. The highest BCUT2D eigenvalue weighted by atomic mass is 32.2. The second-order valence-electron chi connectivity index (χ2n) is 4.35. The van der Waals surface area contributed by atoms with Gasteiger partial charge in [-0.3, -0.25) is 0 Å². The summed E-state index contributed by atoms with van der Waals surface area (Å²) in [6.45, 7) is 2.27. The summed E-state index contributed by atoms with van der Waals surface area (Å²) in [5.41, 5.74) is 1.41. The molecule has 0 saturated heterocycles. The molecule has 1 unspecified atom stereocenters. The zero-order valence-corrected chi connectivity index (χ0v) is 11.4. The molecule has 2 aromatic rings. The van der Waals surface area contributed by atoms with Crippen LogP contribution in [0, 0.1) is 0 Å². The fourth-order valence-electron chi connectivity index (χ4n) is 1.80. The lowest BCUT2D eigenvalue weighted by Crippen LogP contribution is -1.90. The molecule has 0 nitrogen and oxygen atoms in total. The van der Waals surface area contributed by atoms with Crippen molar-refractivity contribution in [1.82, 2.24) is 0 Å². The lowest BCUT2D eigenvalue weighted by molar-refractivity contribution is 0.781. The SMILES string of the molecule is CC(C/C=C\Sc1ccccc1)c1ccccc1. The summed E-state index contributed by atoms with van der Waals surface area (Å²) in [5, 5.41) is 2.19. The molecular weight excluding hydrogens is 236 g/mol. The highest BCUT2D eigenvalue weighted by Crippen LogP contribution is 2.22. The largest absolute Gasteiger partial charge is 0.0984 e. The summed E-state index contributed by atoms with van der Waals surface area (Å²) in [6, 6.07) is 21.1. The van der Waals surface area contributed by atoms with Gasteiger partial charge in [-0.25, -0.2) is 0 Å². The molecule has 0 spiro atoms. The van der Waals surface area contributed by atoms with Crippen molar-refractivity contribution < 1.29 is 0 Å². The minimum atomic E-state index is 0.582. The number of hydrogen-bond donors (Lipinski definition) is 0. The van der Waals surface area contributed by atoms with Gasteiger partial charge in [-0.05, 0) is 35.4 Å². The Morgan fingerprint density at radius 1 is 0.944 bits per heavy atom. The van der Waals surface area contributed by atoms with E-state index in [2.05, 4.69) is 73.0 Å². The van der Waals surface area contributed by atoms with Gasteiger partial charge in [-0.15, -0.1) is 0 Å². The molecule has 2 aromatic carbocycles. The van der Waals surface area contributed by atoms with Crippen LogP contribution in [0.3, 0.4) is 0 Å². The van der Waals surface area contributed by atoms with Gasteiger partial charge in [0.05, 0.1) is 0 Å². The number of thioether (sulfide) groups is 1. The Hall–Kier alpha value is -1.47. The van der Waals surface area contributed by atoms with Crippen LogP contribution in [0.5, 0.6) is 0 Å². The van der Waals surface area contributed by atoms with Gasteiger partial charge in [-0.1, -0.05) is 73.3 Å². The van der Waals surface area contributed by atoms with Crippen LogP contribution in [0.15, 0.2) is 77.0 Å². The van der Waals surface area contributed by atoms with Crippen molar-refractivity contribution in [2.75, 3.05) is 0 Å². The predicted molar refractivity (Wildman–Crippen MR) is 80.9 cm³/mol. The molecule has 18 heavy (non-hydrogen) atoms. The maximum Gasteiger partial charge on any atom is 0.0116 e. The second kappa shape index (κ2) is 7.07. The third-order valence-electron chi connectivity index (χ3n) is 2.90. The Kier molecular flexibility index (Phi) is 5.10. The van der Waals surface area contributed by atoms with Crippen molar-refractivity contribution in [1.29, 1.82) is 0 Å². The van der Waals surface area contributed by atoms with E-state index >= 15 is 0 Å². The molecule has 0 aliphatic rings. The van der Waals surface area contributed by atoms with Gasteiger partial charge in [0, 0.05) is 4.90 Å². The van der Waals surface area contributed by atoms with Crippen LogP contribution >= 0.6 is 11.8 Å². The van der Waals surface area contributed by atoms with Crippen LogP contribution in [0.1, 0.15) is 24.8 Å². The van der Waals surface area contributed by atoms with Crippen LogP contribution < -0.4 is 0 Å². The summed E-state index contributed by atoms with van der Waals surface area (Å²) in [4.78, 5) is 1.29. The van der Waals surface area contributed by atoms with E-state index in [1.807, 2.05) is 6.07 Å². The minimum absolute atomic E-state index is 0.582. The van der Waals surface area contributed by atoms with Crippen molar-refractivity contribution in [2.45, 2.75) is 24.2 Å². The molecule has 0 fully saturated rings. The molecule has 0 N–H and O–H groups in total. The molecule has 0 amide bonds. The monoisotopic (exact) mass is 254 g/mol. The van der Waals surface area contributed by atoms with Crippen LogP contribution in [-0.4, -0.2) is 0 Å². The average Bonchev–Trinajstić information content (AvgIpc) is 2.45. The molecule has 1 atom stereocenters. The maximum absolute atomic E-state index is 2.27. The first-order chi connectivity index (χ1) is 8.86. The summed E-state index contributed by atoms with van der Waals surface area (Å²) in [5.74, 6) is 0.582. The summed E-state index contributed by atoms with van der Waals surface area (Å²) in [7, 11) is 0. The van der Waals surface area contributed by atoms with E-state index in [1.165, 1.54) is 10.5 Å². The van der Waals surface area contributed by atoms with Crippen molar-refractivity contribution in [3.63, 3.8) is 0 Å². The Morgan fingerprint density at radius 3 is 2.22 bits per heavy atom. The second-order valence-corrected chi connectivity index (χ2v) is 5.33. The van der Waals surface area contributed by atoms with E-state index in [0.29, 0.717) is 5.92 Å². The molecule has 2 rings (SSSR count). The van der Waals surface area contributed by atoms with Crippen molar-refractivity contribution in [2.24, 2.45) is 0 Å². The number of benzene rings is 2. The maximum atomic E-state index is 2.27. The van der Waals surface area contributed by atoms with Gasteiger partial charge in [0.2, 0.25) is 0 Å². The quantitative estimate of drug-likeness (QED) is 0.636. The summed E-state index contributed by atoms with van der Waals surface area (Å²) < 4.78 is 0. The van der Waals surface area contributed by atoms with E-state index in [9.17, 15) is 0 Å². The molecule has 0 radical (unpaired) electrons. The fourth-order valence-corrected chi connectivity index (χ4v) is 2.48. The van der Waals surface area contributed by atoms with E-state index < -0.39 is 0 Å². The smallest absolute Gasteiger partial charge is 0.0116 e. The number of rotatable bonds is 5. The van der Waals surface area contributed by atoms with E-state index in [0.717, 1.165) is 6.42 Å². The molecule has 1 heteroatoms. The third-order valence-corrected chi connectivity index (χ3v) is 3.77. The molecule has 0 saturated carbocycles. The lowest BCUT2D eigenvalue weighted by atomic mass is 9.98. The van der Waals surface area contributed by atoms with Crippen LogP contribution in [-0.2, 0) is 0 Å². The van der Waals surface area contributed by atoms with Crippen molar-refractivity contribution in [3.8, 4) is 0 Å². The van der Waals surface area contributed by atoms with E-state index in [-0.39, 0.29) is 0 Å².